The molecule has 5 heteroatoms. The highest BCUT2D eigenvalue weighted by atomic mass is 16.5. The zero-order chi connectivity index (χ0) is 15.8. The number of fused-ring (bicyclic) bond motifs is 1. The second kappa shape index (κ2) is 8.41. The number of ether oxygens (including phenoxy) is 1. The van der Waals surface area contributed by atoms with Gasteiger partial charge in [0.15, 0.2) is 6.61 Å². The lowest BCUT2D eigenvalue weighted by molar-refractivity contribution is -0.123. The van der Waals surface area contributed by atoms with E-state index in [9.17, 15) is 9.59 Å². The van der Waals surface area contributed by atoms with E-state index in [2.05, 4.69) is 16.7 Å². The molecule has 1 aliphatic carbocycles. The Balaban J connectivity index is 1.64. The fraction of sp³-hybridized carbons (Fsp3) is 0.529. The third-order valence-corrected chi connectivity index (χ3v) is 3.69. The molecule has 22 heavy (non-hydrogen) atoms. The van der Waals surface area contributed by atoms with Crippen LogP contribution in [0.3, 0.4) is 0 Å². The van der Waals surface area contributed by atoms with E-state index < -0.39 is 0 Å². The number of aryl methyl sites for hydroxylation is 2. The predicted molar refractivity (Wildman–Crippen MR) is 84.9 cm³/mol. The molecule has 2 rings (SSSR count). The van der Waals surface area contributed by atoms with Gasteiger partial charge in [-0.3, -0.25) is 9.59 Å². The SMILES string of the molecule is CCCNC(=O)CCNC(=O)COc1ccc2c(c1)CCC2. The van der Waals surface area contributed by atoms with Gasteiger partial charge in [0.25, 0.3) is 5.91 Å². The first-order valence-electron chi connectivity index (χ1n) is 7.97. The van der Waals surface area contributed by atoms with Crippen LogP contribution in [0.2, 0.25) is 0 Å². The van der Waals surface area contributed by atoms with Gasteiger partial charge in [-0.05, 0) is 48.9 Å². The molecule has 1 aromatic carbocycles. The first-order chi connectivity index (χ1) is 10.7. The molecule has 0 fully saturated rings. The van der Waals surface area contributed by atoms with Crippen molar-refractivity contribution in [2.75, 3.05) is 19.7 Å². The number of amides is 2. The summed E-state index contributed by atoms with van der Waals surface area (Å²) in [5, 5.41) is 5.45. The van der Waals surface area contributed by atoms with Crippen LogP contribution in [-0.2, 0) is 22.4 Å². The molecule has 2 N–H and O–H groups in total. The van der Waals surface area contributed by atoms with Crippen molar-refractivity contribution in [1.82, 2.24) is 10.6 Å². The standard InChI is InChI=1S/C17H24N2O3/c1-2-9-18-16(20)8-10-19-17(21)12-22-15-7-6-13-4-3-5-14(13)11-15/h6-7,11H,2-5,8-10,12H2,1H3,(H,18,20)(H,19,21). The molecular formula is C17H24N2O3. The number of nitrogens with one attached hydrogen (secondary N) is 2. The Morgan fingerprint density at radius 3 is 2.68 bits per heavy atom. The van der Waals surface area contributed by atoms with Crippen molar-refractivity contribution < 1.29 is 14.3 Å². The van der Waals surface area contributed by atoms with E-state index in [1.54, 1.807) is 0 Å². The van der Waals surface area contributed by atoms with Gasteiger partial charge in [0.05, 0.1) is 0 Å². The molecule has 0 unspecified atom stereocenters. The minimum absolute atomic E-state index is 0.0185. The maximum absolute atomic E-state index is 11.7. The van der Waals surface area contributed by atoms with Crippen molar-refractivity contribution in [3.63, 3.8) is 0 Å². The molecular weight excluding hydrogens is 280 g/mol. The minimum atomic E-state index is -0.205. The second-order valence-corrected chi connectivity index (χ2v) is 5.52. The van der Waals surface area contributed by atoms with Gasteiger partial charge in [-0.15, -0.1) is 0 Å². The third-order valence-electron chi connectivity index (χ3n) is 3.69. The third kappa shape index (κ3) is 5.06. The van der Waals surface area contributed by atoms with Gasteiger partial charge >= 0.3 is 0 Å². The highest BCUT2D eigenvalue weighted by molar-refractivity contribution is 5.79. The molecule has 1 aromatic rings. The largest absolute Gasteiger partial charge is 0.484 e. The second-order valence-electron chi connectivity index (χ2n) is 5.52. The number of benzene rings is 1. The van der Waals surface area contributed by atoms with E-state index in [-0.39, 0.29) is 18.4 Å². The van der Waals surface area contributed by atoms with Gasteiger partial charge in [0.2, 0.25) is 5.91 Å². The molecule has 5 nitrogen and oxygen atoms in total. The molecule has 0 saturated carbocycles. The van der Waals surface area contributed by atoms with Crippen LogP contribution in [0, 0.1) is 0 Å². The van der Waals surface area contributed by atoms with Crippen molar-refractivity contribution >= 4 is 11.8 Å². The fourth-order valence-corrected chi connectivity index (χ4v) is 2.51. The van der Waals surface area contributed by atoms with Crippen LogP contribution in [-0.4, -0.2) is 31.5 Å². The maximum atomic E-state index is 11.7. The summed E-state index contributed by atoms with van der Waals surface area (Å²) in [5.74, 6) is 0.488. The lowest BCUT2D eigenvalue weighted by Crippen LogP contribution is -2.33. The molecule has 0 aromatic heterocycles. The normalized spacial score (nSPS) is 12.6. The zero-order valence-electron chi connectivity index (χ0n) is 13.1. The lowest BCUT2D eigenvalue weighted by atomic mass is 10.1. The number of carbonyl (C=O) groups is 2. The number of hydrogen-bond acceptors (Lipinski definition) is 3. The Bertz CT molecular complexity index is 529. The Morgan fingerprint density at radius 2 is 1.86 bits per heavy atom. The van der Waals surface area contributed by atoms with Crippen molar-refractivity contribution in [1.29, 1.82) is 0 Å². The summed E-state index contributed by atoms with van der Waals surface area (Å²) in [7, 11) is 0. The molecule has 0 saturated heterocycles. The van der Waals surface area contributed by atoms with Gasteiger partial charge in [-0.1, -0.05) is 13.0 Å². The Kier molecular flexibility index (Phi) is 6.25. The van der Waals surface area contributed by atoms with E-state index in [0.29, 0.717) is 19.5 Å². The van der Waals surface area contributed by atoms with Crippen LogP contribution in [0.5, 0.6) is 5.75 Å². The van der Waals surface area contributed by atoms with E-state index in [1.807, 2.05) is 19.1 Å². The smallest absolute Gasteiger partial charge is 0.257 e. The van der Waals surface area contributed by atoms with Crippen LogP contribution in [0.25, 0.3) is 0 Å². The van der Waals surface area contributed by atoms with Gasteiger partial charge in [0.1, 0.15) is 5.75 Å². The van der Waals surface area contributed by atoms with Gasteiger partial charge < -0.3 is 15.4 Å². The summed E-state index contributed by atoms with van der Waals surface area (Å²) in [6.07, 6.45) is 4.62. The van der Waals surface area contributed by atoms with Crippen LogP contribution < -0.4 is 15.4 Å². The molecule has 120 valence electrons. The average Bonchev–Trinajstić information content (AvgIpc) is 2.98. The van der Waals surface area contributed by atoms with E-state index in [1.165, 1.54) is 17.5 Å². The minimum Gasteiger partial charge on any atom is -0.484 e. The van der Waals surface area contributed by atoms with Crippen LogP contribution >= 0.6 is 0 Å². The average molecular weight is 304 g/mol. The molecule has 0 spiro atoms. The van der Waals surface area contributed by atoms with E-state index in [4.69, 9.17) is 4.74 Å². The van der Waals surface area contributed by atoms with Crippen molar-refractivity contribution in [3.05, 3.63) is 29.3 Å². The van der Waals surface area contributed by atoms with Crippen LogP contribution in [0.4, 0.5) is 0 Å². The van der Waals surface area contributed by atoms with Gasteiger partial charge in [0, 0.05) is 19.5 Å². The summed E-state index contributed by atoms with van der Waals surface area (Å²) >= 11 is 0. The monoisotopic (exact) mass is 304 g/mol. The van der Waals surface area contributed by atoms with Crippen molar-refractivity contribution in [2.45, 2.75) is 39.0 Å². The van der Waals surface area contributed by atoms with E-state index in [0.717, 1.165) is 25.0 Å². The Hall–Kier alpha value is -2.04. The summed E-state index contributed by atoms with van der Waals surface area (Å²) < 4.78 is 5.50. The predicted octanol–water partition coefficient (Wildman–Crippen LogP) is 1.59. The maximum Gasteiger partial charge on any atom is 0.257 e. The molecule has 0 bridgehead atoms. The van der Waals surface area contributed by atoms with Crippen LogP contribution in [0.15, 0.2) is 18.2 Å². The summed E-state index contributed by atoms with van der Waals surface area (Å²) in [6.45, 7) is 2.99. The van der Waals surface area contributed by atoms with E-state index >= 15 is 0 Å². The topological polar surface area (TPSA) is 67.4 Å². The van der Waals surface area contributed by atoms with Crippen molar-refractivity contribution in [2.24, 2.45) is 0 Å². The molecule has 2 amide bonds. The zero-order valence-corrected chi connectivity index (χ0v) is 13.1. The first-order valence-corrected chi connectivity index (χ1v) is 7.97. The Labute approximate surface area is 131 Å². The highest BCUT2D eigenvalue weighted by Gasteiger charge is 2.12. The summed E-state index contributed by atoms with van der Waals surface area (Å²) in [5.41, 5.74) is 2.71. The fourth-order valence-electron chi connectivity index (χ4n) is 2.51. The lowest BCUT2D eigenvalue weighted by Gasteiger charge is -2.09. The molecule has 0 atom stereocenters. The summed E-state index contributed by atoms with van der Waals surface area (Å²) in [6, 6.07) is 6.01. The summed E-state index contributed by atoms with van der Waals surface area (Å²) in [4.78, 5) is 23.1. The number of carbonyl (C=O) groups excluding carboxylic acids is 2. The molecule has 1 aliphatic rings. The molecule has 0 aliphatic heterocycles. The van der Waals surface area contributed by atoms with Gasteiger partial charge in [-0.2, -0.15) is 0 Å². The molecule has 0 heterocycles. The quantitative estimate of drug-likeness (QED) is 0.766. The van der Waals surface area contributed by atoms with Crippen molar-refractivity contribution in [3.8, 4) is 5.75 Å². The number of rotatable bonds is 8. The Morgan fingerprint density at radius 1 is 1.09 bits per heavy atom. The highest BCUT2D eigenvalue weighted by Crippen LogP contribution is 2.25. The van der Waals surface area contributed by atoms with Gasteiger partial charge in [-0.25, -0.2) is 0 Å². The van der Waals surface area contributed by atoms with Crippen LogP contribution in [0.1, 0.15) is 37.3 Å². The molecule has 0 radical (unpaired) electrons. The first kappa shape index (κ1) is 16.3. The number of hydrogen-bond donors (Lipinski definition) is 2.